The molecule has 4 heteroatoms. The van der Waals surface area contributed by atoms with Gasteiger partial charge in [0, 0.05) is 25.0 Å². The van der Waals surface area contributed by atoms with Crippen LogP contribution in [0.3, 0.4) is 0 Å². The maximum atomic E-state index is 11.0. The lowest BCUT2D eigenvalue weighted by molar-refractivity contribution is -0.119. The Kier molecular flexibility index (Phi) is 4.95. The largest absolute Gasteiger partial charge is 0.370 e. The van der Waals surface area contributed by atoms with Crippen LogP contribution in [0.2, 0.25) is 0 Å². The third-order valence-electron chi connectivity index (χ3n) is 4.17. The topological polar surface area (TPSA) is 72.3 Å². The molecule has 1 aliphatic rings. The molecule has 1 atom stereocenters. The molecular formula is C13H27N3O. The molecule has 0 radical (unpaired) electrons. The molecule has 0 heterocycles. The zero-order valence-electron chi connectivity index (χ0n) is 11.4. The van der Waals surface area contributed by atoms with Gasteiger partial charge in [0.05, 0.1) is 0 Å². The monoisotopic (exact) mass is 241 g/mol. The number of carbonyl (C=O) groups excluding carboxylic acids is 1. The van der Waals surface area contributed by atoms with Gasteiger partial charge in [-0.2, -0.15) is 0 Å². The maximum absolute atomic E-state index is 11.0. The molecule has 0 saturated heterocycles. The molecule has 0 spiro atoms. The third-order valence-corrected chi connectivity index (χ3v) is 4.17. The van der Waals surface area contributed by atoms with Crippen molar-refractivity contribution in [3.63, 3.8) is 0 Å². The fraction of sp³-hybridized carbons (Fsp3) is 0.923. The smallest absolute Gasteiger partial charge is 0.219 e. The first-order chi connectivity index (χ1) is 7.85. The van der Waals surface area contributed by atoms with Crippen LogP contribution in [0.5, 0.6) is 0 Å². The summed E-state index contributed by atoms with van der Waals surface area (Å²) in [4.78, 5) is 13.3. The van der Waals surface area contributed by atoms with Gasteiger partial charge in [0.1, 0.15) is 0 Å². The first-order valence-corrected chi connectivity index (χ1v) is 6.56. The quantitative estimate of drug-likeness (QED) is 0.757. The highest BCUT2D eigenvalue weighted by Gasteiger charge is 2.31. The second-order valence-corrected chi connectivity index (χ2v) is 6.12. The summed E-state index contributed by atoms with van der Waals surface area (Å²) >= 11 is 0. The van der Waals surface area contributed by atoms with Gasteiger partial charge >= 0.3 is 0 Å². The molecule has 100 valence electrons. The molecule has 0 aromatic rings. The van der Waals surface area contributed by atoms with Gasteiger partial charge in [-0.15, -0.1) is 0 Å². The number of nitrogens with zero attached hydrogens (tertiary/aromatic N) is 1. The molecule has 4 nitrogen and oxygen atoms in total. The maximum Gasteiger partial charge on any atom is 0.219 e. The summed E-state index contributed by atoms with van der Waals surface area (Å²) in [7, 11) is 2.07. The molecule has 1 saturated carbocycles. The zero-order valence-corrected chi connectivity index (χ0v) is 11.4. The Morgan fingerprint density at radius 2 is 1.94 bits per heavy atom. The zero-order chi connectivity index (χ0) is 13.1. The second kappa shape index (κ2) is 5.83. The minimum atomic E-state index is -0.261. The minimum absolute atomic E-state index is 0.0960. The van der Waals surface area contributed by atoms with Crippen molar-refractivity contribution in [2.75, 3.05) is 13.6 Å². The number of likely N-dealkylation sites (N-methyl/N-ethyl adjacent to an activating group) is 1. The van der Waals surface area contributed by atoms with Crippen molar-refractivity contribution in [3.05, 3.63) is 0 Å². The van der Waals surface area contributed by atoms with Crippen LogP contribution < -0.4 is 11.5 Å². The average Bonchev–Trinajstić information content (AvgIpc) is 2.24. The highest BCUT2D eigenvalue weighted by molar-refractivity contribution is 5.74. The summed E-state index contributed by atoms with van der Waals surface area (Å²) in [6, 6.07) is 0.648. The highest BCUT2D eigenvalue weighted by atomic mass is 16.1. The number of amides is 1. The summed E-state index contributed by atoms with van der Waals surface area (Å²) in [5, 5.41) is 0. The summed E-state index contributed by atoms with van der Waals surface area (Å²) in [6.07, 6.45) is 5.25. The fourth-order valence-electron chi connectivity index (χ4n) is 2.72. The van der Waals surface area contributed by atoms with Gasteiger partial charge in [0.15, 0.2) is 0 Å². The van der Waals surface area contributed by atoms with E-state index in [-0.39, 0.29) is 11.9 Å². The van der Waals surface area contributed by atoms with Crippen LogP contribution >= 0.6 is 0 Å². The summed E-state index contributed by atoms with van der Waals surface area (Å²) < 4.78 is 0. The van der Waals surface area contributed by atoms with Crippen LogP contribution in [0.1, 0.15) is 46.0 Å². The van der Waals surface area contributed by atoms with E-state index in [1.165, 1.54) is 25.7 Å². The van der Waals surface area contributed by atoms with E-state index in [1.807, 2.05) is 0 Å². The Morgan fingerprint density at radius 3 is 2.35 bits per heavy atom. The van der Waals surface area contributed by atoms with E-state index >= 15 is 0 Å². The molecule has 1 amide bonds. The van der Waals surface area contributed by atoms with Crippen molar-refractivity contribution < 1.29 is 4.79 Å². The molecule has 1 aliphatic carbocycles. The van der Waals surface area contributed by atoms with E-state index in [0.717, 1.165) is 0 Å². The summed E-state index contributed by atoms with van der Waals surface area (Å²) in [6.45, 7) is 5.15. The molecule has 0 aromatic heterocycles. The first kappa shape index (κ1) is 14.5. The molecule has 4 N–H and O–H groups in total. The van der Waals surface area contributed by atoms with Crippen molar-refractivity contribution in [3.8, 4) is 0 Å². The summed E-state index contributed by atoms with van der Waals surface area (Å²) in [5.74, 6) is -0.261. The van der Waals surface area contributed by atoms with E-state index < -0.39 is 0 Å². The van der Waals surface area contributed by atoms with Crippen molar-refractivity contribution >= 4 is 5.91 Å². The van der Waals surface area contributed by atoms with Gasteiger partial charge in [-0.1, -0.05) is 13.8 Å². The van der Waals surface area contributed by atoms with Crippen molar-refractivity contribution in [2.24, 2.45) is 16.9 Å². The van der Waals surface area contributed by atoms with Crippen molar-refractivity contribution in [1.82, 2.24) is 4.90 Å². The molecule has 0 bridgehead atoms. The Balaban J connectivity index is 2.51. The van der Waals surface area contributed by atoms with Gasteiger partial charge in [0.25, 0.3) is 0 Å². The van der Waals surface area contributed by atoms with E-state index in [4.69, 9.17) is 11.5 Å². The Bertz CT molecular complexity index is 255. The molecule has 1 rings (SSSR count). The predicted molar refractivity (Wildman–Crippen MR) is 70.5 cm³/mol. The SMILES string of the molecule is CN(C1CCC(C)(C)CC1)C(CN)CC(N)=O. The second-order valence-electron chi connectivity index (χ2n) is 6.12. The Hall–Kier alpha value is -0.610. The fourth-order valence-corrected chi connectivity index (χ4v) is 2.72. The van der Waals surface area contributed by atoms with Gasteiger partial charge in [-0.3, -0.25) is 9.69 Å². The van der Waals surface area contributed by atoms with E-state index in [2.05, 4.69) is 25.8 Å². The number of hydrogen-bond acceptors (Lipinski definition) is 3. The van der Waals surface area contributed by atoms with Crippen LogP contribution in [0.4, 0.5) is 0 Å². The molecule has 1 fully saturated rings. The lowest BCUT2D eigenvalue weighted by atomic mass is 9.75. The molecule has 0 aliphatic heterocycles. The lowest BCUT2D eigenvalue weighted by Gasteiger charge is -2.41. The van der Waals surface area contributed by atoms with E-state index in [1.54, 1.807) is 0 Å². The average molecular weight is 241 g/mol. The van der Waals surface area contributed by atoms with E-state index in [9.17, 15) is 4.79 Å². The summed E-state index contributed by atoms with van der Waals surface area (Å²) in [5.41, 5.74) is 11.5. The number of rotatable bonds is 5. The van der Waals surface area contributed by atoms with Gasteiger partial charge < -0.3 is 11.5 Å². The van der Waals surface area contributed by atoms with Crippen LogP contribution in [0.15, 0.2) is 0 Å². The van der Waals surface area contributed by atoms with Gasteiger partial charge in [-0.25, -0.2) is 0 Å². The Labute approximate surface area is 105 Å². The standard InChI is InChI=1S/C13H27N3O/c1-13(2)6-4-10(5-7-13)16(3)11(9-14)8-12(15)17/h10-11H,4-9,14H2,1-3H3,(H2,15,17). The lowest BCUT2D eigenvalue weighted by Crippen LogP contribution is -2.48. The molecular weight excluding hydrogens is 214 g/mol. The van der Waals surface area contributed by atoms with Crippen LogP contribution in [-0.4, -0.2) is 36.5 Å². The normalized spacial score (nSPS) is 22.6. The highest BCUT2D eigenvalue weighted by Crippen LogP contribution is 2.37. The number of primary amides is 1. The van der Waals surface area contributed by atoms with Crippen LogP contribution in [0.25, 0.3) is 0 Å². The van der Waals surface area contributed by atoms with Crippen LogP contribution in [0, 0.1) is 5.41 Å². The number of carbonyl (C=O) groups is 1. The van der Waals surface area contributed by atoms with Crippen molar-refractivity contribution in [1.29, 1.82) is 0 Å². The molecule has 0 aromatic carbocycles. The number of nitrogens with two attached hydrogens (primary N) is 2. The molecule has 17 heavy (non-hydrogen) atoms. The minimum Gasteiger partial charge on any atom is -0.370 e. The first-order valence-electron chi connectivity index (χ1n) is 6.56. The third kappa shape index (κ3) is 4.28. The number of hydrogen-bond donors (Lipinski definition) is 2. The van der Waals surface area contributed by atoms with Crippen LogP contribution in [-0.2, 0) is 4.79 Å². The van der Waals surface area contributed by atoms with Gasteiger partial charge in [0.2, 0.25) is 5.91 Å². The predicted octanol–water partition coefficient (Wildman–Crippen LogP) is 1.09. The van der Waals surface area contributed by atoms with E-state index in [0.29, 0.717) is 24.4 Å². The van der Waals surface area contributed by atoms with Crippen molar-refractivity contribution in [2.45, 2.75) is 58.0 Å². The van der Waals surface area contributed by atoms with Gasteiger partial charge in [-0.05, 0) is 38.1 Å². The Morgan fingerprint density at radius 1 is 1.41 bits per heavy atom. The molecule has 1 unspecified atom stereocenters.